The molecule has 2 amide bonds. The zero-order chi connectivity index (χ0) is 20.7. The molecular formula is C20H18BrN2O5-. The van der Waals surface area contributed by atoms with Gasteiger partial charge >= 0.3 is 0 Å². The minimum atomic E-state index is -1.44. The zero-order valence-corrected chi connectivity index (χ0v) is 16.8. The Morgan fingerprint density at radius 2 is 1.75 bits per heavy atom. The van der Waals surface area contributed by atoms with Crippen molar-refractivity contribution < 1.29 is 24.2 Å². The Hall–Kier alpha value is -3.13. The highest BCUT2D eigenvalue weighted by Gasteiger charge is 2.18. The van der Waals surface area contributed by atoms with E-state index in [1.54, 1.807) is 48.5 Å². The Kier molecular flexibility index (Phi) is 7.34. The first-order valence-corrected chi connectivity index (χ1v) is 9.04. The predicted octanol–water partition coefficient (Wildman–Crippen LogP) is 1.48. The Bertz CT molecular complexity index is 909. The minimum Gasteiger partial charge on any atom is -0.548 e. The van der Waals surface area contributed by atoms with Crippen molar-refractivity contribution in [3.63, 3.8) is 0 Å². The number of nitrogens with one attached hydrogen (secondary N) is 2. The van der Waals surface area contributed by atoms with E-state index in [-0.39, 0.29) is 5.70 Å². The lowest BCUT2D eigenvalue weighted by Crippen LogP contribution is -2.48. The van der Waals surface area contributed by atoms with E-state index in [0.717, 1.165) is 0 Å². The van der Waals surface area contributed by atoms with Gasteiger partial charge in [-0.05, 0) is 58.8 Å². The Morgan fingerprint density at radius 3 is 2.32 bits per heavy atom. The molecule has 0 fully saturated rings. The molecule has 0 aromatic heterocycles. The van der Waals surface area contributed by atoms with Gasteiger partial charge in [-0.2, -0.15) is 0 Å². The molecule has 0 bridgehead atoms. The first-order chi connectivity index (χ1) is 13.3. The molecular weight excluding hydrogens is 428 g/mol. The molecule has 2 aromatic carbocycles. The van der Waals surface area contributed by atoms with Crippen LogP contribution in [0.1, 0.15) is 22.8 Å². The summed E-state index contributed by atoms with van der Waals surface area (Å²) < 4.78 is 5.64. The van der Waals surface area contributed by atoms with Gasteiger partial charge in [-0.1, -0.05) is 24.3 Å². The summed E-state index contributed by atoms with van der Waals surface area (Å²) in [4.78, 5) is 36.0. The maximum Gasteiger partial charge on any atom is 0.268 e. The van der Waals surface area contributed by atoms with E-state index in [1.807, 2.05) is 0 Å². The van der Waals surface area contributed by atoms with Crippen molar-refractivity contribution >= 4 is 39.8 Å². The van der Waals surface area contributed by atoms with E-state index in [4.69, 9.17) is 4.74 Å². The summed E-state index contributed by atoms with van der Waals surface area (Å²) in [6.45, 7) is 1.27. The SMILES string of the molecule is COc1ccc(/C=C(\NC(=O)c2ccccc2Br)C(=O)N[C@H](C)C(=O)[O-])cc1. The second-order valence-corrected chi connectivity index (χ2v) is 6.63. The molecule has 146 valence electrons. The third kappa shape index (κ3) is 5.68. The molecule has 0 saturated heterocycles. The van der Waals surface area contributed by atoms with Crippen LogP contribution in [0, 0.1) is 0 Å². The number of rotatable bonds is 7. The van der Waals surface area contributed by atoms with E-state index >= 15 is 0 Å². The zero-order valence-electron chi connectivity index (χ0n) is 15.2. The van der Waals surface area contributed by atoms with Crippen LogP contribution >= 0.6 is 15.9 Å². The number of carbonyl (C=O) groups excluding carboxylic acids is 3. The second-order valence-electron chi connectivity index (χ2n) is 5.78. The Balaban J connectivity index is 2.33. The lowest BCUT2D eigenvalue weighted by atomic mass is 10.1. The number of carboxylic acids is 1. The molecule has 2 rings (SSSR count). The number of hydrogen-bond acceptors (Lipinski definition) is 5. The maximum absolute atomic E-state index is 12.6. The molecule has 0 unspecified atom stereocenters. The number of methoxy groups -OCH3 is 1. The van der Waals surface area contributed by atoms with Crippen LogP contribution in [-0.2, 0) is 9.59 Å². The highest BCUT2D eigenvalue weighted by Crippen LogP contribution is 2.17. The molecule has 0 spiro atoms. The lowest BCUT2D eigenvalue weighted by Gasteiger charge is -2.17. The van der Waals surface area contributed by atoms with Crippen LogP contribution in [0.15, 0.2) is 58.7 Å². The quantitative estimate of drug-likeness (QED) is 0.627. The van der Waals surface area contributed by atoms with Gasteiger partial charge in [0, 0.05) is 4.47 Å². The first-order valence-electron chi connectivity index (χ1n) is 8.25. The molecule has 0 aliphatic heterocycles. The summed E-state index contributed by atoms with van der Waals surface area (Å²) in [6, 6.07) is 12.3. The Morgan fingerprint density at radius 1 is 1.11 bits per heavy atom. The number of hydrogen-bond donors (Lipinski definition) is 2. The fourth-order valence-corrected chi connectivity index (χ4v) is 2.66. The molecule has 0 heterocycles. The third-order valence-corrected chi connectivity index (χ3v) is 4.43. The number of benzene rings is 2. The normalized spacial score (nSPS) is 12.0. The minimum absolute atomic E-state index is 0.112. The van der Waals surface area contributed by atoms with Crippen LogP contribution in [0.5, 0.6) is 5.75 Å². The van der Waals surface area contributed by atoms with Gasteiger partial charge in [0.05, 0.1) is 24.7 Å². The first kappa shape index (κ1) is 21.2. The summed E-state index contributed by atoms with van der Waals surface area (Å²) in [5, 5.41) is 15.7. The van der Waals surface area contributed by atoms with Crippen molar-refractivity contribution in [1.82, 2.24) is 10.6 Å². The van der Waals surface area contributed by atoms with Gasteiger partial charge in [0.15, 0.2) is 0 Å². The van der Waals surface area contributed by atoms with E-state index < -0.39 is 23.8 Å². The second kappa shape index (κ2) is 9.70. The van der Waals surface area contributed by atoms with Gasteiger partial charge in [0.25, 0.3) is 11.8 Å². The van der Waals surface area contributed by atoms with Crippen molar-refractivity contribution in [2.75, 3.05) is 7.11 Å². The molecule has 1 atom stereocenters. The topological polar surface area (TPSA) is 108 Å². The summed E-state index contributed by atoms with van der Waals surface area (Å²) in [5.41, 5.74) is 0.822. The van der Waals surface area contributed by atoms with E-state index in [9.17, 15) is 19.5 Å². The van der Waals surface area contributed by atoms with Crippen molar-refractivity contribution in [3.8, 4) is 5.75 Å². The maximum atomic E-state index is 12.6. The van der Waals surface area contributed by atoms with Crippen LogP contribution in [0.3, 0.4) is 0 Å². The average Bonchev–Trinajstić information content (AvgIpc) is 2.68. The number of ether oxygens (including phenoxy) is 1. The number of carbonyl (C=O) groups is 3. The number of aliphatic carboxylic acids is 1. The molecule has 2 N–H and O–H groups in total. The number of halogens is 1. The van der Waals surface area contributed by atoms with Gasteiger partial charge in [-0.25, -0.2) is 0 Å². The van der Waals surface area contributed by atoms with E-state index in [1.165, 1.54) is 20.1 Å². The molecule has 7 nitrogen and oxygen atoms in total. The van der Waals surface area contributed by atoms with Gasteiger partial charge in [-0.15, -0.1) is 0 Å². The smallest absolute Gasteiger partial charge is 0.268 e. The van der Waals surface area contributed by atoms with E-state index in [0.29, 0.717) is 21.3 Å². The van der Waals surface area contributed by atoms with Crippen molar-refractivity contribution in [2.24, 2.45) is 0 Å². The van der Waals surface area contributed by atoms with Gasteiger partial charge < -0.3 is 25.3 Å². The molecule has 0 aliphatic rings. The monoisotopic (exact) mass is 445 g/mol. The summed E-state index contributed by atoms with van der Waals surface area (Å²) in [7, 11) is 1.53. The third-order valence-electron chi connectivity index (χ3n) is 3.74. The molecule has 0 radical (unpaired) electrons. The van der Waals surface area contributed by atoms with Crippen molar-refractivity contribution in [1.29, 1.82) is 0 Å². The molecule has 0 saturated carbocycles. The van der Waals surface area contributed by atoms with Gasteiger partial charge in [0.2, 0.25) is 0 Å². The van der Waals surface area contributed by atoms with Crippen LogP contribution in [0.4, 0.5) is 0 Å². The highest BCUT2D eigenvalue weighted by molar-refractivity contribution is 9.10. The van der Waals surface area contributed by atoms with Crippen LogP contribution < -0.4 is 20.5 Å². The standard InChI is InChI=1S/C20H19BrN2O5/c1-12(20(26)27)22-19(25)17(11-13-7-9-14(28-2)10-8-13)23-18(24)15-5-3-4-6-16(15)21/h3-12H,1-2H3,(H,22,25)(H,23,24)(H,26,27)/p-1/b17-11-/t12-/m1/s1. The fourth-order valence-electron chi connectivity index (χ4n) is 2.19. The van der Waals surface area contributed by atoms with Crippen LogP contribution in [0.25, 0.3) is 6.08 Å². The van der Waals surface area contributed by atoms with E-state index in [2.05, 4.69) is 26.6 Å². The van der Waals surface area contributed by atoms with Crippen LogP contribution in [-0.4, -0.2) is 30.9 Å². The largest absolute Gasteiger partial charge is 0.548 e. The predicted molar refractivity (Wildman–Crippen MR) is 105 cm³/mol. The van der Waals surface area contributed by atoms with Crippen molar-refractivity contribution in [3.05, 3.63) is 69.8 Å². The van der Waals surface area contributed by atoms with Gasteiger partial charge in [0.1, 0.15) is 11.4 Å². The fraction of sp³-hybridized carbons (Fsp3) is 0.150. The molecule has 2 aromatic rings. The molecule has 0 aliphatic carbocycles. The lowest BCUT2D eigenvalue weighted by molar-refractivity contribution is -0.307. The Labute approximate surface area is 170 Å². The van der Waals surface area contributed by atoms with Crippen LogP contribution in [0.2, 0.25) is 0 Å². The summed E-state index contributed by atoms with van der Waals surface area (Å²) in [6.07, 6.45) is 1.44. The summed E-state index contributed by atoms with van der Waals surface area (Å²) in [5.74, 6) is -2.09. The van der Waals surface area contributed by atoms with Gasteiger partial charge in [-0.3, -0.25) is 9.59 Å². The molecule has 28 heavy (non-hydrogen) atoms. The average molecular weight is 446 g/mol. The number of carboxylic acid groups (broad SMARTS) is 1. The van der Waals surface area contributed by atoms with Crippen molar-refractivity contribution in [2.45, 2.75) is 13.0 Å². The molecule has 8 heteroatoms. The number of amides is 2. The summed E-state index contributed by atoms with van der Waals surface area (Å²) >= 11 is 3.29. The highest BCUT2D eigenvalue weighted by atomic mass is 79.9.